The third-order valence-electron chi connectivity index (χ3n) is 6.53. The summed E-state index contributed by atoms with van der Waals surface area (Å²) in [6.45, 7) is 7.33. The molecular weight excluding hydrogens is 196 g/mol. The Hall–Kier alpha value is -0.300. The molecule has 4 unspecified atom stereocenters. The average Bonchev–Trinajstić information content (AvgIpc) is 2.62. The SMILES string of the molecule is C/C(=C\CCC1(C)C2CC3[C@@H](C2)C31C)CO. The van der Waals surface area contributed by atoms with Crippen LogP contribution in [0.2, 0.25) is 0 Å². The van der Waals surface area contributed by atoms with Gasteiger partial charge in [0.1, 0.15) is 0 Å². The van der Waals surface area contributed by atoms with Crippen molar-refractivity contribution >= 4 is 0 Å². The Bertz CT molecular complexity index is 331. The lowest BCUT2D eigenvalue weighted by atomic mass is 9.71. The Morgan fingerprint density at radius 1 is 1.31 bits per heavy atom. The highest BCUT2D eigenvalue weighted by Crippen LogP contribution is 2.87. The zero-order valence-corrected chi connectivity index (χ0v) is 10.8. The lowest BCUT2D eigenvalue weighted by Gasteiger charge is -2.34. The number of rotatable bonds is 4. The molecule has 0 radical (unpaired) electrons. The Labute approximate surface area is 98.9 Å². The van der Waals surface area contributed by atoms with E-state index in [1.807, 2.05) is 6.92 Å². The summed E-state index contributed by atoms with van der Waals surface area (Å²) in [6, 6.07) is 0. The van der Waals surface area contributed by atoms with E-state index in [9.17, 15) is 0 Å². The molecule has 1 heteroatoms. The van der Waals surface area contributed by atoms with Crippen molar-refractivity contribution in [1.29, 1.82) is 0 Å². The predicted molar refractivity (Wildman–Crippen MR) is 66.0 cm³/mol. The van der Waals surface area contributed by atoms with Gasteiger partial charge in [0.05, 0.1) is 6.61 Å². The molecule has 0 saturated heterocycles. The molecule has 0 amide bonds. The molecule has 0 aliphatic heterocycles. The van der Waals surface area contributed by atoms with Crippen LogP contribution in [0.3, 0.4) is 0 Å². The maximum Gasteiger partial charge on any atom is 0.0639 e. The maximum absolute atomic E-state index is 8.99. The van der Waals surface area contributed by atoms with Gasteiger partial charge in [-0.3, -0.25) is 0 Å². The molecule has 4 aliphatic carbocycles. The Morgan fingerprint density at radius 3 is 2.38 bits per heavy atom. The normalized spacial score (nSPS) is 53.5. The first-order chi connectivity index (χ1) is 7.54. The van der Waals surface area contributed by atoms with E-state index in [2.05, 4.69) is 19.9 Å². The van der Waals surface area contributed by atoms with Crippen LogP contribution < -0.4 is 0 Å². The van der Waals surface area contributed by atoms with E-state index in [4.69, 9.17) is 5.11 Å². The minimum Gasteiger partial charge on any atom is -0.392 e. The third kappa shape index (κ3) is 1.06. The fourth-order valence-electron chi connectivity index (χ4n) is 5.19. The van der Waals surface area contributed by atoms with Gasteiger partial charge in [-0.1, -0.05) is 25.5 Å². The Kier molecular flexibility index (Phi) is 2.12. The molecule has 0 aromatic heterocycles. The van der Waals surface area contributed by atoms with E-state index < -0.39 is 0 Å². The van der Waals surface area contributed by atoms with Crippen molar-refractivity contribution in [3.8, 4) is 0 Å². The number of hydrogen-bond acceptors (Lipinski definition) is 1. The van der Waals surface area contributed by atoms with Gasteiger partial charge in [0.2, 0.25) is 0 Å². The van der Waals surface area contributed by atoms with Crippen LogP contribution in [0.25, 0.3) is 0 Å². The van der Waals surface area contributed by atoms with Gasteiger partial charge in [0.25, 0.3) is 0 Å². The van der Waals surface area contributed by atoms with Crippen molar-refractivity contribution in [3.63, 3.8) is 0 Å². The van der Waals surface area contributed by atoms with Gasteiger partial charge in [0.15, 0.2) is 0 Å². The second kappa shape index (κ2) is 3.13. The first-order valence-corrected chi connectivity index (χ1v) is 6.80. The van der Waals surface area contributed by atoms with Crippen molar-refractivity contribution < 1.29 is 5.11 Å². The smallest absolute Gasteiger partial charge is 0.0639 e. The standard InChI is InChI=1S/C15H24O/c1-10(9-16)5-4-6-14(2)11-7-12-13(8-11)15(12,14)3/h5,11-13,16H,4,6-9H2,1-3H3/b10-5+/t11?,12-,13?,14?,15?/m1/s1. The molecule has 90 valence electrons. The Balaban J connectivity index is 1.68. The van der Waals surface area contributed by atoms with E-state index in [-0.39, 0.29) is 6.61 Å². The minimum atomic E-state index is 0.225. The van der Waals surface area contributed by atoms with Crippen LogP contribution in [0, 0.1) is 28.6 Å². The Morgan fingerprint density at radius 2 is 1.94 bits per heavy atom. The number of aliphatic hydroxyl groups excluding tert-OH is 1. The monoisotopic (exact) mass is 220 g/mol. The van der Waals surface area contributed by atoms with Crippen molar-refractivity contribution in [1.82, 2.24) is 0 Å². The zero-order chi connectivity index (χ0) is 11.6. The molecule has 0 heterocycles. The molecule has 0 aromatic rings. The van der Waals surface area contributed by atoms with Gasteiger partial charge in [0, 0.05) is 0 Å². The van der Waals surface area contributed by atoms with E-state index in [1.165, 1.54) is 19.3 Å². The van der Waals surface area contributed by atoms with Crippen LogP contribution >= 0.6 is 0 Å². The number of hydrogen-bond donors (Lipinski definition) is 1. The van der Waals surface area contributed by atoms with Gasteiger partial charge in [-0.25, -0.2) is 0 Å². The van der Waals surface area contributed by atoms with Crippen molar-refractivity contribution in [2.75, 3.05) is 6.61 Å². The number of aliphatic hydroxyl groups is 1. The molecule has 16 heavy (non-hydrogen) atoms. The van der Waals surface area contributed by atoms with Gasteiger partial charge in [-0.2, -0.15) is 0 Å². The highest BCUT2D eigenvalue weighted by molar-refractivity contribution is 5.29. The molecule has 4 aliphatic rings. The van der Waals surface area contributed by atoms with Gasteiger partial charge in [-0.05, 0) is 61.2 Å². The molecule has 0 aromatic carbocycles. The fourth-order valence-corrected chi connectivity index (χ4v) is 5.19. The van der Waals surface area contributed by atoms with Crippen LogP contribution in [0.1, 0.15) is 46.5 Å². The summed E-state index contributed by atoms with van der Waals surface area (Å²) >= 11 is 0. The van der Waals surface area contributed by atoms with E-state index in [1.54, 1.807) is 0 Å². The molecule has 4 bridgehead atoms. The predicted octanol–water partition coefficient (Wildman–Crippen LogP) is 3.39. The van der Waals surface area contributed by atoms with Crippen LogP contribution in [-0.2, 0) is 0 Å². The van der Waals surface area contributed by atoms with Crippen LogP contribution in [0.15, 0.2) is 11.6 Å². The summed E-state index contributed by atoms with van der Waals surface area (Å²) in [5.41, 5.74) is 2.43. The van der Waals surface area contributed by atoms with Crippen molar-refractivity contribution in [2.45, 2.75) is 46.5 Å². The van der Waals surface area contributed by atoms with Crippen molar-refractivity contribution in [3.05, 3.63) is 11.6 Å². The second-order valence-electron chi connectivity index (χ2n) is 6.83. The van der Waals surface area contributed by atoms with E-state index >= 15 is 0 Å². The topological polar surface area (TPSA) is 20.2 Å². The summed E-state index contributed by atoms with van der Waals surface area (Å²) in [7, 11) is 0. The average molecular weight is 220 g/mol. The van der Waals surface area contributed by atoms with E-state index in [0.29, 0.717) is 10.8 Å². The van der Waals surface area contributed by atoms with Crippen LogP contribution in [0.5, 0.6) is 0 Å². The lowest BCUT2D eigenvalue weighted by molar-refractivity contribution is 0.154. The van der Waals surface area contributed by atoms with Gasteiger partial charge >= 0.3 is 0 Å². The molecule has 1 N–H and O–H groups in total. The summed E-state index contributed by atoms with van der Waals surface area (Å²) < 4.78 is 0. The molecule has 5 atom stereocenters. The number of allylic oxidation sites excluding steroid dienone is 1. The maximum atomic E-state index is 8.99. The first-order valence-electron chi connectivity index (χ1n) is 6.80. The fraction of sp³-hybridized carbons (Fsp3) is 0.867. The molecular formula is C15H24O. The van der Waals surface area contributed by atoms with Crippen LogP contribution in [0.4, 0.5) is 0 Å². The molecule has 4 rings (SSSR count). The lowest BCUT2D eigenvalue weighted by Crippen LogP contribution is -2.26. The largest absolute Gasteiger partial charge is 0.392 e. The zero-order valence-electron chi connectivity index (χ0n) is 10.8. The molecule has 1 nitrogen and oxygen atoms in total. The molecule has 4 fully saturated rings. The van der Waals surface area contributed by atoms with E-state index in [0.717, 1.165) is 29.7 Å². The van der Waals surface area contributed by atoms with Gasteiger partial charge in [-0.15, -0.1) is 0 Å². The van der Waals surface area contributed by atoms with Crippen LogP contribution in [-0.4, -0.2) is 11.7 Å². The second-order valence-corrected chi connectivity index (χ2v) is 6.83. The summed E-state index contributed by atoms with van der Waals surface area (Å²) in [4.78, 5) is 0. The first kappa shape index (κ1) is 10.8. The highest BCUT2D eigenvalue weighted by atomic mass is 16.3. The quantitative estimate of drug-likeness (QED) is 0.720. The molecule has 0 spiro atoms. The van der Waals surface area contributed by atoms with Crippen molar-refractivity contribution in [2.24, 2.45) is 28.6 Å². The minimum absolute atomic E-state index is 0.225. The molecule has 4 saturated carbocycles. The van der Waals surface area contributed by atoms with Gasteiger partial charge < -0.3 is 5.11 Å². The summed E-state index contributed by atoms with van der Waals surface area (Å²) in [5, 5.41) is 8.99. The summed E-state index contributed by atoms with van der Waals surface area (Å²) in [6.07, 6.45) is 7.76. The highest BCUT2D eigenvalue weighted by Gasteiger charge is 2.80. The summed E-state index contributed by atoms with van der Waals surface area (Å²) in [5.74, 6) is 3.16. The third-order valence-corrected chi connectivity index (χ3v) is 6.53.